The third kappa shape index (κ3) is 7.37. The SMILES string of the molecule is O=C(NCC1CCCCC1)[C@]1(Cc2ccccc2Br)N=C(c2ccc(OCCCO)cc2)O[C@@H]1c1ccc(-c2ccccc2)cc1. The van der Waals surface area contributed by atoms with Crippen molar-refractivity contribution < 1.29 is 19.4 Å². The van der Waals surface area contributed by atoms with Gasteiger partial charge in [0.1, 0.15) is 5.75 Å². The molecule has 0 radical (unpaired) electrons. The minimum absolute atomic E-state index is 0.0822. The Morgan fingerprint density at radius 1 is 0.870 bits per heavy atom. The number of ether oxygens (including phenoxy) is 2. The van der Waals surface area contributed by atoms with Crippen LogP contribution in [-0.4, -0.2) is 42.2 Å². The number of aliphatic hydroxyl groups is 1. The molecule has 7 heteroatoms. The highest BCUT2D eigenvalue weighted by atomic mass is 79.9. The van der Waals surface area contributed by atoms with Gasteiger partial charge in [-0.2, -0.15) is 0 Å². The zero-order chi connectivity index (χ0) is 31.8. The summed E-state index contributed by atoms with van der Waals surface area (Å²) in [7, 11) is 0. The first-order chi connectivity index (χ1) is 22.6. The summed E-state index contributed by atoms with van der Waals surface area (Å²) in [5.41, 5.74) is 3.64. The molecule has 1 amide bonds. The number of nitrogens with one attached hydrogen (secondary N) is 1. The third-order valence-corrected chi connectivity index (χ3v) is 9.82. The quantitative estimate of drug-likeness (QED) is 0.148. The summed E-state index contributed by atoms with van der Waals surface area (Å²) in [6, 6.07) is 34.2. The summed E-state index contributed by atoms with van der Waals surface area (Å²) >= 11 is 3.73. The van der Waals surface area contributed by atoms with Gasteiger partial charge in [-0.05, 0) is 71.3 Å². The molecule has 2 atom stereocenters. The highest BCUT2D eigenvalue weighted by Crippen LogP contribution is 2.44. The molecular weight excluding hydrogens is 640 g/mol. The molecule has 6 nitrogen and oxygen atoms in total. The summed E-state index contributed by atoms with van der Waals surface area (Å²) in [4.78, 5) is 19.8. The Bertz CT molecular complexity index is 1620. The number of hydrogen-bond acceptors (Lipinski definition) is 5. The predicted molar refractivity (Wildman–Crippen MR) is 186 cm³/mol. The lowest BCUT2D eigenvalue weighted by Gasteiger charge is -2.32. The Morgan fingerprint density at radius 2 is 1.54 bits per heavy atom. The Hall–Kier alpha value is -3.94. The normalized spacial score (nSPS) is 19.7. The topological polar surface area (TPSA) is 80.2 Å². The van der Waals surface area contributed by atoms with E-state index in [-0.39, 0.29) is 12.5 Å². The van der Waals surface area contributed by atoms with Gasteiger partial charge < -0.3 is 19.9 Å². The molecule has 0 bridgehead atoms. The molecule has 1 aliphatic carbocycles. The van der Waals surface area contributed by atoms with Crippen molar-refractivity contribution in [2.45, 2.75) is 56.6 Å². The number of amides is 1. The monoisotopic (exact) mass is 680 g/mol. The lowest BCUT2D eigenvalue weighted by Crippen LogP contribution is -2.51. The molecule has 0 saturated heterocycles. The molecule has 6 rings (SSSR count). The lowest BCUT2D eigenvalue weighted by atomic mass is 9.81. The fraction of sp³-hybridized carbons (Fsp3) is 0.333. The van der Waals surface area contributed by atoms with Crippen LogP contribution in [0.3, 0.4) is 0 Å². The molecule has 238 valence electrons. The van der Waals surface area contributed by atoms with Crippen LogP contribution in [0.5, 0.6) is 5.75 Å². The van der Waals surface area contributed by atoms with Crippen molar-refractivity contribution in [3.63, 3.8) is 0 Å². The zero-order valence-corrected chi connectivity index (χ0v) is 27.6. The van der Waals surface area contributed by atoms with Crippen LogP contribution in [0.15, 0.2) is 113 Å². The van der Waals surface area contributed by atoms with Gasteiger partial charge in [-0.25, -0.2) is 4.99 Å². The summed E-state index contributed by atoms with van der Waals surface area (Å²) in [6.45, 7) is 1.16. The maximum Gasteiger partial charge on any atom is 0.252 e. The maximum absolute atomic E-state index is 14.6. The van der Waals surface area contributed by atoms with Crippen LogP contribution in [0.25, 0.3) is 11.1 Å². The van der Waals surface area contributed by atoms with Crippen molar-refractivity contribution in [1.29, 1.82) is 0 Å². The first kappa shape index (κ1) is 32.0. The maximum atomic E-state index is 14.6. The Morgan fingerprint density at radius 3 is 2.26 bits per heavy atom. The molecule has 1 heterocycles. The zero-order valence-electron chi connectivity index (χ0n) is 26.0. The average Bonchev–Trinajstić information content (AvgIpc) is 3.50. The van der Waals surface area contributed by atoms with Crippen molar-refractivity contribution in [3.05, 3.63) is 124 Å². The second kappa shape index (κ2) is 15.1. The number of hydrogen-bond donors (Lipinski definition) is 2. The van der Waals surface area contributed by atoms with Crippen LogP contribution in [0.1, 0.15) is 61.3 Å². The van der Waals surface area contributed by atoms with Gasteiger partial charge in [-0.3, -0.25) is 4.79 Å². The van der Waals surface area contributed by atoms with E-state index in [0.717, 1.165) is 45.1 Å². The number of carbonyl (C=O) groups excluding carboxylic acids is 1. The van der Waals surface area contributed by atoms with E-state index in [4.69, 9.17) is 19.6 Å². The van der Waals surface area contributed by atoms with Gasteiger partial charge in [0.15, 0.2) is 11.6 Å². The number of carbonyl (C=O) groups is 1. The summed E-state index contributed by atoms with van der Waals surface area (Å²) < 4.78 is 13.4. The number of rotatable bonds is 12. The van der Waals surface area contributed by atoms with Crippen molar-refractivity contribution >= 4 is 27.7 Å². The number of aliphatic hydroxyl groups excluding tert-OH is 1. The van der Waals surface area contributed by atoms with E-state index in [1.54, 1.807) is 0 Å². The first-order valence-corrected chi connectivity index (χ1v) is 17.1. The fourth-order valence-electron chi connectivity index (χ4n) is 6.48. The van der Waals surface area contributed by atoms with E-state index in [1.807, 2.05) is 66.7 Å². The molecule has 1 saturated carbocycles. The molecule has 4 aromatic carbocycles. The van der Waals surface area contributed by atoms with Gasteiger partial charge >= 0.3 is 0 Å². The van der Waals surface area contributed by atoms with Crippen LogP contribution in [0.4, 0.5) is 0 Å². The molecule has 1 aliphatic heterocycles. The number of nitrogens with zero attached hydrogens (tertiary/aromatic N) is 1. The van der Waals surface area contributed by atoms with Crippen LogP contribution in [0, 0.1) is 5.92 Å². The molecule has 0 unspecified atom stereocenters. The highest BCUT2D eigenvalue weighted by Gasteiger charge is 2.53. The first-order valence-electron chi connectivity index (χ1n) is 16.3. The largest absolute Gasteiger partial charge is 0.494 e. The highest BCUT2D eigenvalue weighted by molar-refractivity contribution is 9.10. The van der Waals surface area contributed by atoms with Crippen molar-refractivity contribution in [2.75, 3.05) is 19.8 Å². The summed E-state index contributed by atoms with van der Waals surface area (Å²) in [6.07, 6.45) is 6.25. The molecule has 2 N–H and O–H groups in total. The second-order valence-electron chi connectivity index (χ2n) is 12.3. The van der Waals surface area contributed by atoms with Crippen molar-refractivity contribution in [1.82, 2.24) is 5.32 Å². The molecule has 0 aromatic heterocycles. The third-order valence-electron chi connectivity index (χ3n) is 9.04. The van der Waals surface area contributed by atoms with E-state index in [9.17, 15) is 4.79 Å². The van der Waals surface area contributed by atoms with Crippen LogP contribution in [0.2, 0.25) is 0 Å². The van der Waals surface area contributed by atoms with Crippen LogP contribution >= 0.6 is 15.9 Å². The summed E-state index contributed by atoms with van der Waals surface area (Å²) in [5.74, 6) is 1.49. The van der Waals surface area contributed by atoms with Crippen molar-refractivity contribution in [3.8, 4) is 16.9 Å². The van der Waals surface area contributed by atoms with E-state index >= 15 is 0 Å². The van der Waals surface area contributed by atoms with Gasteiger partial charge in [0, 0.05) is 36.0 Å². The van der Waals surface area contributed by atoms with Crippen LogP contribution < -0.4 is 10.1 Å². The molecule has 1 fully saturated rings. The van der Waals surface area contributed by atoms with Gasteiger partial charge in [0.2, 0.25) is 5.90 Å². The van der Waals surface area contributed by atoms with E-state index in [0.29, 0.717) is 43.6 Å². The van der Waals surface area contributed by atoms with E-state index in [2.05, 4.69) is 57.6 Å². The number of aliphatic imine (C=N–C) groups is 1. The molecular formula is C39H41BrN2O4. The number of halogens is 1. The van der Waals surface area contributed by atoms with E-state index in [1.165, 1.54) is 19.3 Å². The van der Waals surface area contributed by atoms with Gasteiger partial charge in [-0.1, -0.05) is 108 Å². The Kier molecular flexibility index (Phi) is 10.5. The second-order valence-corrected chi connectivity index (χ2v) is 13.1. The Labute approximate surface area is 280 Å². The number of benzene rings is 4. The fourth-order valence-corrected chi connectivity index (χ4v) is 6.90. The van der Waals surface area contributed by atoms with Gasteiger partial charge in [0.05, 0.1) is 6.61 Å². The molecule has 46 heavy (non-hydrogen) atoms. The lowest BCUT2D eigenvalue weighted by molar-refractivity contribution is -0.129. The minimum Gasteiger partial charge on any atom is -0.494 e. The predicted octanol–water partition coefficient (Wildman–Crippen LogP) is 8.07. The molecule has 0 spiro atoms. The summed E-state index contributed by atoms with van der Waals surface area (Å²) in [5, 5.41) is 12.4. The average molecular weight is 682 g/mol. The van der Waals surface area contributed by atoms with Crippen LogP contribution in [-0.2, 0) is 16.0 Å². The molecule has 2 aliphatic rings. The van der Waals surface area contributed by atoms with Gasteiger partial charge in [0.25, 0.3) is 5.91 Å². The van der Waals surface area contributed by atoms with Gasteiger partial charge in [-0.15, -0.1) is 0 Å². The Balaban J connectivity index is 1.39. The minimum atomic E-state index is -1.24. The van der Waals surface area contributed by atoms with E-state index < -0.39 is 11.6 Å². The molecule has 4 aromatic rings. The standard InChI is InChI=1S/C39H41BrN2O4/c40-35-15-8-7-14-33(35)26-39(38(44)41-27-28-10-3-1-4-11-28)36(31-18-16-30(17-19-31)29-12-5-2-6-13-29)46-37(42-39)32-20-22-34(23-21-32)45-25-9-24-43/h2,5-8,12-23,28,36,43H,1,3-4,9-11,24-27H2,(H,41,44)/t36-,39-/m1/s1. The smallest absolute Gasteiger partial charge is 0.252 e. The van der Waals surface area contributed by atoms with Crippen molar-refractivity contribution in [2.24, 2.45) is 10.9 Å².